The van der Waals surface area contributed by atoms with Gasteiger partial charge in [0.25, 0.3) is 0 Å². The molecule has 0 fully saturated rings. The summed E-state index contributed by atoms with van der Waals surface area (Å²) in [5, 5.41) is 11.1. The van der Waals surface area contributed by atoms with E-state index in [1.807, 2.05) is 5.32 Å². The number of nitriles is 1. The molecule has 1 heterocycles. The predicted molar refractivity (Wildman–Crippen MR) is 80.5 cm³/mol. The Morgan fingerprint density at radius 2 is 2.04 bits per heavy atom. The van der Waals surface area contributed by atoms with Crippen LogP contribution in [0.5, 0.6) is 0 Å². The maximum Gasteiger partial charge on any atom is 0.357 e. The lowest BCUT2D eigenvalue weighted by molar-refractivity contribution is -0.114. The molecular weight excluding hydrogens is 322 g/mol. The van der Waals surface area contributed by atoms with Crippen molar-refractivity contribution in [1.82, 2.24) is 4.57 Å². The molecule has 124 valence electrons. The van der Waals surface area contributed by atoms with E-state index in [0.29, 0.717) is 0 Å². The van der Waals surface area contributed by atoms with Gasteiger partial charge in [0.2, 0.25) is 5.91 Å². The number of methoxy groups -OCH3 is 1. The van der Waals surface area contributed by atoms with Gasteiger partial charge in [-0.1, -0.05) is 0 Å². The quantitative estimate of drug-likeness (QED) is 0.834. The molecule has 1 aromatic carbocycles. The Labute approximate surface area is 135 Å². The van der Waals surface area contributed by atoms with E-state index in [1.54, 1.807) is 6.07 Å². The Hall–Kier alpha value is -3.41. The highest BCUT2D eigenvalue weighted by atomic mass is 19.1. The molecule has 7 nitrogen and oxygen atoms in total. The van der Waals surface area contributed by atoms with E-state index in [0.717, 1.165) is 36.9 Å². The van der Waals surface area contributed by atoms with Gasteiger partial charge in [0.1, 0.15) is 17.6 Å². The molecule has 0 aliphatic heterocycles. The van der Waals surface area contributed by atoms with Gasteiger partial charge in [0.15, 0.2) is 11.5 Å². The molecule has 9 heteroatoms. The molecule has 0 atom stereocenters. The zero-order valence-corrected chi connectivity index (χ0v) is 12.7. The van der Waals surface area contributed by atoms with Gasteiger partial charge in [-0.05, 0) is 12.1 Å². The molecule has 0 aliphatic rings. The number of anilines is 2. The average Bonchev–Trinajstić information content (AvgIpc) is 2.87. The summed E-state index contributed by atoms with van der Waals surface area (Å²) in [5.41, 5.74) is 4.19. The fourth-order valence-electron chi connectivity index (χ4n) is 2.12. The number of nitrogens with zero attached hydrogens (tertiary/aromatic N) is 2. The molecule has 2 aromatic rings. The lowest BCUT2D eigenvalue weighted by atomic mass is 10.2. The van der Waals surface area contributed by atoms with Crippen LogP contribution in [0.2, 0.25) is 0 Å². The molecule has 0 saturated heterocycles. The number of nitrogens with two attached hydrogens (primary N) is 1. The number of benzene rings is 1. The number of aromatic nitrogens is 1. The minimum atomic E-state index is -1.13. The predicted octanol–water partition coefficient (Wildman–Crippen LogP) is 1.95. The molecule has 1 aromatic heterocycles. The average molecular weight is 334 g/mol. The van der Waals surface area contributed by atoms with Crippen molar-refractivity contribution in [3.05, 3.63) is 41.2 Å². The van der Waals surface area contributed by atoms with E-state index in [-0.39, 0.29) is 22.6 Å². The van der Waals surface area contributed by atoms with Crippen LogP contribution >= 0.6 is 0 Å². The van der Waals surface area contributed by atoms with Crippen molar-refractivity contribution in [2.75, 3.05) is 18.2 Å². The molecule has 2 rings (SSSR count). The van der Waals surface area contributed by atoms with Crippen LogP contribution < -0.4 is 11.1 Å². The number of carbonyl (C=O) groups is 2. The fourth-order valence-corrected chi connectivity index (χ4v) is 2.12. The Balaban J connectivity index is 2.76. The largest absolute Gasteiger partial charge is 0.464 e. The lowest BCUT2D eigenvalue weighted by Gasteiger charge is -2.13. The molecule has 0 saturated carbocycles. The van der Waals surface area contributed by atoms with Gasteiger partial charge in [-0.3, -0.25) is 4.79 Å². The molecule has 24 heavy (non-hydrogen) atoms. The Morgan fingerprint density at radius 3 is 2.58 bits per heavy atom. The molecule has 0 bridgehead atoms. The van der Waals surface area contributed by atoms with Gasteiger partial charge in [-0.25, -0.2) is 13.6 Å². The molecule has 0 unspecified atom stereocenters. The van der Waals surface area contributed by atoms with Crippen LogP contribution in [-0.2, 0) is 9.53 Å². The summed E-state index contributed by atoms with van der Waals surface area (Å²) in [5.74, 6) is -3.71. The van der Waals surface area contributed by atoms with Crippen molar-refractivity contribution < 1.29 is 23.1 Å². The fraction of sp³-hybridized carbons (Fsp3) is 0.133. The molecule has 3 N–H and O–H groups in total. The molecule has 0 spiro atoms. The number of nitrogen functional groups attached to an aromatic ring is 1. The summed E-state index contributed by atoms with van der Waals surface area (Å²) >= 11 is 0. The van der Waals surface area contributed by atoms with Crippen LogP contribution in [0.3, 0.4) is 0 Å². The zero-order valence-electron chi connectivity index (χ0n) is 12.7. The molecular formula is C15H12F2N4O3. The second-order valence-corrected chi connectivity index (χ2v) is 4.72. The second kappa shape index (κ2) is 6.37. The van der Waals surface area contributed by atoms with Gasteiger partial charge >= 0.3 is 5.97 Å². The minimum absolute atomic E-state index is 0.0831. The second-order valence-electron chi connectivity index (χ2n) is 4.72. The maximum absolute atomic E-state index is 14.6. The van der Waals surface area contributed by atoms with Crippen molar-refractivity contribution >= 4 is 23.3 Å². The third-order valence-corrected chi connectivity index (χ3v) is 3.17. The topological polar surface area (TPSA) is 110 Å². The summed E-state index contributed by atoms with van der Waals surface area (Å²) in [6, 6.07) is 3.72. The van der Waals surface area contributed by atoms with Crippen molar-refractivity contribution in [1.29, 1.82) is 5.26 Å². The van der Waals surface area contributed by atoms with Crippen molar-refractivity contribution in [3.63, 3.8) is 0 Å². The van der Waals surface area contributed by atoms with Crippen molar-refractivity contribution in [3.8, 4) is 11.8 Å². The lowest BCUT2D eigenvalue weighted by Crippen LogP contribution is -2.14. The van der Waals surface area contributed by atoms with Gasteiger partial charge in [-0.15, -0.1) is 0 Å². The zero-order chi connectivity index (χ0) is 18.0. The number of halogens is 2. The van der Waals surface area contributed by atoms with E-state index in [2.05, 4.69) is 4.74 Å². The third kappa shape index (κ3) is 2.77. The molecule has 1 amide bonds. The summed E-state index contributed by atoms with van der Waals surface area (Å²) in [6.45, 7) is 1.09. The summed E-state index contributed by atoms with van der Waals surface area (Å²) in [6.07, 6.45) is 1.12. The summed E-state index contributed by atoms with van der Waals surface area (Å²) < 4.78 is 33.9. The highest BCUT2D eigenvalue weighted by molar-refractivity contribution is 5.96. The Kier molecular flexibility index (Phi) is 4.50. The van der Waals surface area contributed by atoms with Crippen LogP contribution in [0, 0.1) is 23.0 Å². The first-order chi connectivity index (χ1) is 11.3. The number of carbonyl (C=O) groups excluding carboxylic acids is 2. The summed E-state index contributed by atoms with van der Waals surface area (Å²) in [4.78, 5) is 23.0. The number of amides is 1. The number of ether oxygens (including phenoxy) is 1. The van der Waals surface area contributed by atoms with Crippen LogP contribution in [-0.4, -0.2) is 23.6 Å². The Bertz CT molecular complexity index is 884. The number of esters is 1. The van der Waals surface area contributed by atoms with Gasteiger partial charge < -0.3 is 20.4 Å². The van der Waals surface area contributed by atoms with Gasteiger partial charge in [0, 0.05) is 13.1 Å². The van der Waals surface area contributed by atoms with Crippen LogP contribution in [0.1, 0.15) is 23.0 Å². The SMILES string of the molecule is COC(=O)c1c(N)c(C#N)cn1-c1ccc(F)c(NC(C)=O)c1F. The third-order valence-electron chi connectivity index (χ3n) is 3.17. The smallest absolute Gasteiger partial charge is 0.357 e. The van der Waals surface area contributed by atoms with Crippen molar-refractivity contribution in [2.24, 2.45) is 0 Å². The standard InChI is InChI=1S/C15H12F2N4O3/c1-7(22)20-13-9(16)3-4-10(11(13)17)21-6-8(5-18)12(19)14(21)15(23)24-2/h3-4,6H,19H2,1-2H3,(H,20,22). The summed E-state index contributed by atoms with van der Waals surface area (Å²) in [7, 11) is 1.09. The maximum atomic E-state index is 14.6. The van der Waals surface area contributed by atoms with Crippen LogP contribution in [0.15, 0.2) is 18.3 Å². The highest BCUT2D eigenvalue weighted by Crippen LogP contribution is 2.30. The normalized spacial score (nSPS) is 10.1. The first-order valence-electron chi connectivity index (χ1n) is 6.57. The van der Waals surface area contributed by atoms with E-state index >= 15 is 0 Å². The molecule has 0 aliphatic carbocycles. The first kappa shape index (κ1) is 17.0. The van der Waals surface area contributed by atoms with Crippen molar-refractivity contribution in [2.45, 2.75) is 6.92 Å². The number of hydrogen-bond acceptors (Lipinski definition) is 5. The van der Waals surface area contributed by atoms with Crippen LogP contribution in [0.4, 0.5) is 20.2 Å². The number of rotatable bonds is 3. The number of nitrogens with one attached hydrogen (secondary N) is 1. The minimum Gasteiger partial charge on any atom is -0.464 e. The van der Waals surface area contributed by atoms with E-state index in [4.69, 9.17) is 11.0 Å². The van der Waals surface area contributed by atoms with E-state index in [1.165, 1.54) is 0 Å². The molecule has 0 radical (unpaired) electrons. The highest BCUT2D eigenvalue weighted by Gasteiger charge is 2.25. The monoisotopic (exact) mass is 334 g/mol. The van der Waals surface area contributed by atoms with Gasteiger partial charge in [0.05, 0.1) is 24.0 Å². The number of hydrogen-bond donors (Lipinski definition) is 2. The van der Waals surface area contributed by atoms with Gasteiger partial charge in [-0.2, -0.15) is 5.26 Å². The van der Waals surface area contributed by atoms with Crippen LogP contribution in [0.25, 0.3) is 5.69 Å². The van der Waals surface area contributed by atoms with E-state index < -0.39 is 29.2 Å². The van der Waals surface area contributed by atoms with E-state index in [9.17, 15) is 18.4 Å². The Morgan fingerprint density at radius 1 is 1.38 bits per heavy atom. The first-order valence-corrected chi connectivity index (χ1v) is 6.57.